The molecule has 2 unspecified atom stereocenters. The summed E-state index contributed by atoms with van der Waals surface area (Å²) in [6, 6.07) is 9.37. The highest BCUT2D eigenvalue weighted by Crippen LogP contribution is 2.27. The molecule has 5 N–H and O–H groups in total. The lowest BCUT2D eigenvalue weighted by Gasteiger charge is -2.36. The Morgan fingerprint density at radius 3 is 1.91 bits per heavy atom. The SMILES string of the molecule is O=C(O)CCOC1C=C(C(=O)NCCCCCCNC(=O)OCc2ccccc2)CC(OCCC(=O)O)[C@@H]1OCCC(=O)O. The van der Waals surface area contributed by atoms with Crippen molar-refractivity contribution in [2.75, 3.05) is 32.9 Å². The molecule has 1 aliphatic carbocycles. The van der Waals surface area contributed by atoms with Crippen molar-refractivity contribution in [2.24, 2.45) is 0 Å². The maximum absolute atomic E-state index is 13.0. The number of carboxylic acids is 3. The summed E-state index contributed by atoms with van der Waals surface area (Å²) in [6.07, 6.45) is 0.652. The average molecular weight is 623 g/mol. The Bertz CT molecular complexity index is 1090. The first-order chi connectivity index (χ1) is 21.2. The smallest absolute Gasteiger partial charge is 0.407 e. The van der Waals surface area contributed by atoms with Crippen LogP contribution in [0.5, 0.6) is 0 Å². The van der Waals surface area contributed by atoms with Crippen LogP contribution in [0, 0.1) is 0 Å². The summed E-state index contributed by atoms with van der Waals surface area (Å²) in [5, 5.41) is 32.5. The number of alkyl carbamates (subject to hydrolysis) is 1. The van der Waals surface area contributed by atoms with Gasteiger partial charge in [0, 0.05) is 25.1 Å². The third kappa shape index (κ3) is 15.5. The highest BCUT2D eigenvalue weighted by atomic mass is 16.6. The lowest BCUT2D eigenvalue weighted by molar-refractivity contribution is -0.153. The fourth-order valence-corrected chi connectivity index (χ4v) is 4.32. The van der Waals surface area contributed by atoms with E-state index in [1.54, 1.807) is 0 Å². The monoisotopic (exact) mass is 622 g/mol. The van der Waals surface area contributed by atoms with E-state index in [1.165, 1.54) is 6.08 Å². The number of nitrogens with one attached hydrogen (secondary N) is 2. The molecule has 1 aromatic carbocycles. The van der Waals surface area contributed by atoms with Gasteiger partial charge in [-0.2, -0.15) is 0 Å². The summed E-state index contributed by atoms with van der Waals surface area (Å²) in [6.45, 7) is 0.509. The Balaban J connectivity index is 1.81. The molecule has 1 aliphatic rings. The maximum atomic E-state index is 13.0. The molecule has 0 aliphatic heterocycles. The van der Waals surface area contributed by atoms with E-state index in [2.05, 4.69) is 10.6 Å². The number of aliphatic carboxylic acids is 3. The van der Waals surface area contributed by atoms with E-state index in [4.69, 9.17) is 34.3 Å². The van der Waals surface area contributed by atoms with Gasteiger partial charge in [0.2, 0.25) is 5.91 Å². The quantitative estimate of drug-likeness (QED) is 0.118. The van der Waals surface area contributed by atoms with Crippen LogP contribution < -0.4 is 10.6 Å². The zero-order chi connectivity index (χ0) is 32.2. The summed E-state index contributed by atoms with van der Waals surface area (Å²) in [7, 11) is 0. The van der Waals surface area contributed by atoms with Crippen molar-refractivity contribution in [1.29, 1.82) is 0 Å². The fraction of sp³-hybridized carbons (Fsp3) is 0.567. The van der Waals surface area contributed by atoms with Crippen molar-refractivity contribution in [1.82, 2.24) is 10.6 Å². The van der Waals surface area contributed by atoms with E-state index in [1.807, 2.05) is 30.3 Å². The molecule has 14 nitrogen and oxygen atoms in total. The van der Waals surface area contributed by atoms with E-state index in [0.29, 0.717) is 25.1 Å². The van der Waals surface area contributed by atoms with Gasteiger partial charge in [0.15, 0.2) is 0 Å². The highest BCUT2D eigenvalue weighted by Gasteiger charge is 2.37. The van der Waals surface area contributed by atoms with Gasteiger partial charge >= 0.3 is 24.0 Å². The minimum atomic E-state index is -1.08. The average Bonchev–Trinajstić information content (AvgIpc) is 2.98. The van der Waals surface area contributed by atoms with Crippen LogP contribution in [0.3, 0.4) is 0 Å². The topological polar surface area (TPSA) is 207 Å². The molecule has 0 radical (unpaired) electrons. The lowest BCUT2D eigenvalue weighted by Crippen LogP contribution is -2.47. The summed E-state index contributed by atoms with van der Waals surface area (Å²) < 4.78 is 22.3. The number of amides is 2. The number of benzene rings is 1. The van der Waals surface area contributed by atoms with Gasteiger partial charge in [-0.05, 0) is 24.5 Å². The number of carbonyl (C=O) groups is 5. The van der Waals surface area contributed by atoms with E-state index < -0.39 is 42.3 Å². The summed E-state index contributed by atoms with van der Waals surface area (Å²) in [4.78, 5) is 57.7. The largest absolute Gasteiger partial charge is 0.481 e. The summed E-state index contributed by atoms with van der Waals surface area (Å²) in [5.41, 5.74) is 1.21. The second-order valence-electron chi connectivity index (χ2n) is 10.1. The normalized spacial score (nSPS) is 17.7. The molecule has 14 heteroatoms. The van der Waals surface area contributed by atoms with Crippen LogP contribution in [0.25, 0.3) is 0 Å². The highest BCUT2D eigenvalue weighted by molar-refractivity contribution is 5.93. The van der Waals surface area contributed by atoms with Crippen LogP contribution in [0.1, 0.15) is 56.9 Å². The summed E-state index contributed by atoms with van der Waals surface area (Å²) >= 11 is 0. The molecular formula is C30H42N2O12. The molecule has 2 rings (SSSR count). The van der Waals surface area contributed by atoms with Crippen LogP contribution in [0.2, 0.25) is 0 Å². The molecule has 44 heavy (non-hydrogen) atoms. The number of ether oxygens (including phenoxy) is 4. The van der Waals surface area contributed by atoms with Crippen LogP contribution in [0.4, 0.5) is 4.79 Å². The Kier molecular flexibility index (Phi) is 17.1. The van der Waals surface area contributed by atoms with E-state index in [0.717, 1.165) is 24.8 Å². The molecule has 244 valence electrons. The van der Waals surface area contributed by atoms with E-state index >= 15 is 0 Å². The Morgan fingerprint density at radius 1 is 0.727 bits per heavy atom. The van der Waals surface area contributed by atoms with Gasteiger partial charge in [0.05, 0.1) is 45.2 Å². The predicted octanol–water partition coefficient (Wildman–Crippen LogP) is 2.50. The second kappa shape index (κ2) is 20.8. The molecule has 0 fully saturated rings. The van der Waals surface area contributed by atoms with Crippen molar-refractivity contribution in [3.8, 4) is 0 Å². The first-order valence-electron chi connectivity index (χ1n) is 14.6. The molecule has 0 heterocycles. The van der Waals surface area contributed by atoms with Crippen LogP contribution >= 0.6 is 0 Å². The fourth-order valence-electron chi connectivity index (χ4n) is 4.32. The van der Waals surface area contributed by atoms with Gasteiger partial charge in [-0.1, -0.05) is 43.2 Å². The Labute approximate surface area is 255 Å². The van der Waals surface area contributed by atoms with Gasteiger partial charge in [0.1, 0.15) is 18.8 Å². The number of hydrogen-bond acceptors (Lipinski definition) is 9. The van der Waals surface area contributed by atoms with Gasteiger partial charge in [-0.3, -0.25) is 19.2 Å². The molecule has 0 bridgehead atoms. The first kappa shape index (κ1) is 36.2. The van der Waals surface area contributed by atoms with Crippen LogP contribution in [-0.4, -0.2) is 96.4 Å². The minimum absolute atomic E-state index is 0.0635. The van der Waals surface area contributed by atoms with Crippen molar-refractivity contribution in [2.45, 2.75) is 76.3 Å². The van der Waals surface area contributed by atoms with Gasteiger partial charge in [-0.15, -0.1) is 0 Å². The van der Waals surface area contributed by atoms with Crippen molar-refractivity contribution in [3.05, 3.63) is 47.5 Å². The molecule has 0 spiro atoms. The molecule has 3 atom stereocenters. The Hall–Kier alpha value is -4.01. The lowest BCUT2D eigenvalue weighted by atomic mass is 9.91. The van der Waals surface area contributed by atoms with Crippen molar-refractivity contribution in [3.63, 3.8) is 0 Å². The number of carbonyl (C=O) groups excluding carboxylic acids is 2. The molecular weight excluding hydrogens is 580 g/mol. The molecule has 0 saturated carbocycles. The standard InChI is InChI=1S/C30H42N2O12/c33-25(34)10-15-41-23-18-22(19-24(42-16-11-26(35)36)28(23)43-17-12-27(37)38)29(39)31-13-6-1-2-7-14-32-30(40)44-20-21-8-4-3-5-9-21/h3-5,8-9,18,23-24,28H,1-2,6-7,10-17,19-20H2,(H,31,39)(H,32,40)(H,33,34)(H,35,36)(H,37,38)/t23?,24?,28-/m1/s1. The third-order valence-electron chi connectivity index (χ3n) is 6.54. The number of hydrogen-bond donors (Lipinski definition) is 5. The van der Waals surface area contributed by atoms with Gasteiger partial charge in [0.25, 0.3) is 0 Å². The van der Waals surface area contributed by atoms with Crippen LogP contribution in [0.15, 0.2) is 42.0 Å². The molecule has 2 amide bonds. The maximum Gasteiger partial charge on any atom is 0.407 e. The van der Waals surface area contributed by atoms with Crippen molar-refractivity contribution >= 4 is 29.9 Å². The second-order valence-corrected chi connectivity index (χ2v) is 10.1. The summed E-state index contributed by atoms with van der Waals surface area (Å²) in [5.74, 6) is -3.62. The van der Waals surface area contributed by atoms with E-state index in [-0.39, 0.29) is 58.0 Å². The van der Waals surface area contributed by atoms with Gasteiger partial charge in [-0.25, -0.2) is 4.79 Å². The number of rotatable bonds is 22. The third-order valence-corrected chi connectivity index (χ3v) is 6.54. The minimum Gasteiger partial charge on any atom is -0.481 e. The first-order valence-corrected chi connectivity index (χ1v) is 14.6. The molecule has 0 saturated heterocycles. The molecule has 0 aromatic heterocycles. The van der Waals surface area contributed by atoms with E-state index in [9.17, 15) is 24.0 Å². The Morgan fingerprint density at radius 2 is 1.30 bits per heavy atom. The zero-order valence-corrected chi connectivity index (χ0v) is 24.6. The van der Waals surface area contributed by atoms with Gasteiger partial charge < -0.3 is 44.9 Å². The van der Waals surface area contributed by atoms with Crippen molar-refractivity contribution < 1.29 is 58.2 Å². The zero-order valence-electron chi connectivity index (χ0n) is 24.6. The predicted molar refractivity (Wildman–Crippen MR) is 155 cm³/mol. The number of unbranched alkanes of at least 4 members (excludes halogenated alkanes) is 3. The van der Waals surface area contributed by atoms with Crippen LogP contribution in [-0.2, 0) is 44.7 Å². The number of carboxylic acid groups (broad SMARTS) is 3. The molecule has 1 aromatic rings.